The van der Waals surface area contributed by atoms with Crippen LogP contribution in [-0.2, 0) is 4.74 Å². The van der Waals surface area contributed by atoms with E-state index in [0.717, 1.165) is 49.4 Å². The number of hydrogen-bond acceptors (Lipinski definition) is 3. The van der Waals surface area contributed by atoms with E-state index in [1.807, 2.05) is 30.3 Å². The van der Waals surface area contributed by atoms with Gasteiger partial charge in [-0.15, -0.1) is 0 Å². The van der Waals surface area contributed by atoms with Crippen LogP contribution < -0.4 is 0 Å². The summed E-state index contributed by atoms with van der Waals surface area (Å²) < 4.78 is 5.90. The summed E-state index contributed by atoms with van der Waals surface area (Å²) in [6, 6.07) is 9.35. The molecule has 0 aliphatic heterocycles. The lowest BCUT2D eigenvalue weighted by atomic mass is 9.47. The predicted octanol–water partition coefficient (Wildman–Crippen LogP) is 8.37. The van der Waals surface area contributed by atoms with E-state index in [1.54, 1.807) is 5.57 Å². The molecule has 3 fully saturated rings. The second-order valence-corrected chi connectivity index (χ2v) is 14.3. The van der Waals surface area contributed by atoms with Crippen LogP contribution in [0.25, 0.3) is 0 Å². The van der Waals surface area contributed by atoms with Crippen molar-refractivity contribution in [2.24, 2.45) is 40.4 Å². The van der Waals surface area contributed by atoms with E-state index in [1.165, 1.54) is 44.9 Å². The maximum absolute atomic E-state index is 12.6. The van der Waals surface area contributed by atoms with Crippen molar-refractivity contribution in [3.05, 3.63) is 47.5 Å². The Morgan fingerprint density at radius 3 is 2.59 bits per heavy atom. The fraction of sp³-hybridized carbons (Fsp3) is 0.735. The molecule has 4 aliphatic rings. The first-order valence-electron chi connectivity index (χ1n) is 15.2. The van der Waals surface area contributed by atoms with E-state index >= 15 is 0 Å². The molecule has 8 atom stereocenters. The number of rotatable bonds is 7. The van der Waals surface area contributed by atoms with Crippen molar-refractivity contribution in [2.45, 2.75) is 117 Å². The van der Waals surface area contributed by atoms with Crippen LogP contribution in [0.2, 0.25) is 0 Å². The first-order valence-corrected chi connectivity index (χ1v) is 15.2. The zero-order valence-electron chi connectivity index (χ0n) is 24.0. The Hall–Kier alpha value is -1.61. The van der Waals surface area contributed by atoms with Crippen LogP contribution in [0, 0.1) is 40.4 Å². The first kappa shape index (κ1) is 27.0. The summed E-state index contributed by atoms with van der Waals surface area (Å²) in [5, 5.41) is 10.3. The largest absolute Gasteiger partial charge is 0.456 e. The number of esters is 1. The molecule has 3 saturated carbocycles. The van der Waals surface area contributed by atoms with Crippen LogP contribution in [0.5, 0.6) is 0 Å². The molecule has 3 nitrogen and oxygen atoms in total. The third-order valence-electron chi connectivity index (χ3n) is 11.7. The maximum atomic E-state index is 12.6. The van der Waals surface area contributed by atoms with Gasteiger partial charge in [-0.1, -0.05) is 57.0 Å². The van der Waals surface area contributed by atoms with Gasteiger partial charge in [0, 0.05) is 0 Å². The average molecular weight is 507 g/mol. The van der Waals surface area contributed by atoms with Gasteiger partial charge in [-0.3, -0.25) is 0 Å². The molecule has 37 heavy (non-hydrogen) atoms. The average Bonchev–Trinajstić information content (AvgIpc) is 3.22. The molecule has 3 heteroatoms. The lowest BCUT2D eigenvalue weighted by Gasteiger charge is -2.58. The van der Waals surface area contributed by atoms with Crippen LogP contribution in [-0.4, -0.2) is 22.8 Å². The highest BCUT2D eigenvalue weighted by Crippen LogP contribution is 2.67. The summed E-state index contributed by atoms with van der Waals surface area (Å²) in [6.07, 6.45) is 15.5. The highest BCUT2D eigenvalue weighted by molar-refractivity contribution is 5.89. The number of aliphatic hydroxyl groups is 1. The Bertz CT molecular complexity index is 996. The van der Waals surface area contributed by atoms with Crippen molar-refractivity contribution in [1.82, 2.24) is 0 Å². The van der Waals surface area contributed by atoms with Gasteiger partial charge in [0.15, 0.2) is 0 Å². The Kier molecular flexibility index (Phi) is 7.42. The molecule has 1 N–H and O–H groups in total. The molecule has 1 aromatic rings. The van der Waals surface area contributed by atoms with E-state index < -0.39 is 5.60 Å². The van der Waals surface area contributed by atoms with Gasteiger partial charge >= 0.3 is 5.97 Å². The minimum absolute atomic E-state index is 0.117. The van der Waals surface area contributed by atoms with Crippen molar-refractivity contribution in [3.63, 3.8) is 0 Å². The lowest BCUT2D eigenvalue weighted by Crippen LogP contribution is -2.50. The topological polar surface area (TPSA) is 46.5 Å². The Morgan fingerprint density at radius 1 is 1.08 bits per heavy atom. The number of allylic oxidation sites excluding steroid dienone is 1. The molecule has 0 radical (unpaired) electrons. The fourth-order valence-corrected chi connectivity index (χ4v) is 9.60. The molecule has 5 rings (SSSR count). The minimum Gasteiger partial charge on any atom is -0.456 e. The van der Waals surface area contributed by atoms with Crippen molar-refractivity contribution in [1.29, 1.82) is 0 Å². The van der Waals surface area contributed by atoms with Crippen LogP contribution in [0.15, 0.2) is 42.0 Å². The van der Waals surface area contributed by atoms with Crippen molar-refractivity contribution in [3.8, 4) is 0 Å². The predicted molar refractivity (Wildman–Crippen MR) is 150 cm³/mol. The molecule has 1 unspecified atom stereocenters. The van der Waals surface area contributed by atoms with Crippen LogP contribution in [0.4, 0.5) is 0 Å². The number of aliphatic hydroxyl groups excluding tert-OH is 1. The van der Waals surface area contributed by atoms with Crippen molar-refractivity contribution < 1.29 is 14.6 Å². The summed E-state index contributed by atoms with van der Waals surface area (Å²) >= 11 is 0. The second kappa shape index (κ2) is 10.2. The van der Waals surface area contributed by atoms with Crippen molar-refractivity contribution >= 4 is 5.97 Å². The summed E-state index contributed by atoms with van der Waals surface area (Å²) in [6.45, 7) is 11.8. The van der Waals surface area contributed by atoms with Gasteiger partial charge in [0.25, 0.3) is 0 Å². The second-order valence-electron chi connectivity index (χ2n) is 14.3. The first-order chi connectivity index (χ1) is 17.5. The van der Waals surface area contributed by atoms with Gasteiger partial charge in [0.2, 0.25) is 0 Å². The third kappa shape index (κ3) is 5.07. The lowest BCUT2D eigenvalue weighted by molar-refractivity contribution is -0.0576. The van der Waals surface area contributed by atoms with Crippen molar-refractivity contribution in [2.75, 3.05) is 0 Å². The zero-order valence-corrected chi connectivity index (χ0v) is 24.0. The molecule has 0 saturated heterocycles. The van der Waals surface area contributed by atoms with Gasteiger partial charge in [-0.05, 0) is 131 Å². The molecule has 204 valence electrons. The highest BCUT2D eigenvalue weighted by Gasteiger charge is 2.59. The number of benzene rings is 1. The van der Waals surface area contributed by atoms with Gasteiger partial charge in [0.1, 0.15) is 5.60 Å². The Balaban J connectivity index is 1.18. The zero-order chi connectivity index (χ0) is 26.4. The van der Waals surface area contributed by atoms with E-state index in [-0.39, 0.29) is 12.1 Å². The van der Waals surface area contributed by atoms with Gasteiger partial charge in [0.05, 0.1) is 11.7 Å². The molecule has 0 bridgehead atoms. The summed E-state index contributed by atoms with van der Waals surface area (Å²) in [4.78, 5) is 12.6. The van der Waals surface area contributed by atoms with Gasteiger partial charge < -0.3 is 9.84 Å². The van der Waals surface area contributed by atoms with Crippen LogP contribution >= 0.6 is 0 Å². The standard InChI is InChI=1S/C34H50O3/c1-23(10-9-19-32(2,3)37-31(36)24-11-7-6-8-12-24)28-15-16-29-27-14-13-25-22-26(35)17-20-33(25,4)30(27)18-21-34(28,29)5/h6-8,11-13,23,26-30,35H,9-10,14-22H2,1-5H3/t23-,26?,27+,28-,29+,30+,33+,34-/m1/s1. The monoisotopic (exact) mass is 506 g/mol. The molecule has 0 amide bonds. The summed E-state index contributed by atoms with van der Waals surface area (Å²) in [5.74, 6) is 3.79. The fourth-order valence-electron chi connectivity index (χ4n) is 9.60. The van der Waals surface area contributed by atoms with E-state index in [2.05, 4.69) is 40.7 Å². The maximum Gasteiger partial charge on any atom is 0.338 e. The Labute approximate surface area is 225 Å². The molecular formula is C34H50O3. The molecule has 0 spiro atoms. The number of hydrogen-bond donors (Lipinski definition) is 1. The highest BCUT2D eigenvalue weighted by atomic mass is 16.6. The molecule has 1 aromatic carbocycles. The number of fused-ring (bicyclic) bond motifs is 5. The van der Waals surface area contributed by atoms with Crippen LogP contribution in [0.3, 0.4) is 0 Å². The molecule has 4 aliphatic carbocycles. The van der Waals surface area contributed by atoms with Crippen LogP contribution in [0.1, 0.15) is 116 Å². The molecule has 0 aromatic heterocycles. The molecular weight excluding hydrogens is 456 g/mol. The van der Waals surface area contributed by atoms with E-state index in [0.29, 0.717) is 22.3 Å². The summed E-state index contributed by atoms with van der Waals surface area (Å²) in [5.41, 5.74) is 2.56. The number of carbonyl (C=O) groups is 1. The third-order valence-corrected chi connectivity index (χ3v) is 11.7. The van der Waals surface area contributed by atoms with E-state index in [4.69, 9.17) is 4.74 Å². The smallest absolute Gasteiger partial charge is 0.338 e. The molecule has 0 heterocycles. The van der Waals surface area contributed by atoms with Gasteiger partial charge in [-0.25, -0.2) is 4.79 Å². The minimum atomic E-state index is -0.442. The SMILES string of the molecule is C[C@H](CCCC(C)(C)OC(=O)c1ccccc1)[C@H]1CC[C@H]2[C@@H]3CC=C4CC(O)CC[C@]4(C)[C@H]3CC[C@]12C. The Morgan fingerprint density at radius 2 is 1.84 bits per heavy atom. The van der Waals surface area contributed by atoms with Gasteiger partial charge in [-0.2, -0.15) is 0 Å². The normalized spacial score (nSPS) is 38.1. The number of carbonyl (C=O) groups excluding carboxylic acids is 1. The number of ether oxygens (including phenoxy) is 1. The summed E-state index contributed by atoms with van der Waals surface area (Å²) in [7, 11) is 0. The quantitative estimate of drug-likeness (QED) is 0.298. The van der Waals surface area contributed by atoms with E-state index in [9.17, 15) is 9.90 Å².